The smallest absolute Gasteiger partial charge is 0.345 e. The number of piperidine rings is 1. The number of nitrogens with zero attached hydrogens (tertiary/aromatic N) is 3. The van der Waals surface area contributed by atoms with E-state index in [4.69, 9.17) is 0 Å². The number of benzene rings is 1. The van der Waals surface area contributed by atoms with E-state index in [0.29, 0.717) is 25.9 Å². The molecular weight excluding hydrogens is 345 g/mol. The second kappa shape index (κ2) is 7.49. The van der Waals surface area contributed by atoms with Crippen LogP contribution in [0.3, 0.4) is 0 Å². The molecule has 1 aliphatic rings. The summed E-state index contributed by atoms with van der Waals surface area (Å²) in [5.74, 6) is -0.627. The van der Waals surface area contributed by atoms with E-state index in [1.54, 1.807) is 12.3 Å². The van der Waals surface area contributed by atoms with Crippen molar-refractivity contribution in [1.29, 1.82) is 0 Å². The Morgan fingerprint density at radius 1 is 1.15 bits per heavy atom. The van der Waals surface area contributed by atoms with Crippen LogP contribution in [-0.2, 0) is 16.9 Å². The number of aromatic nitrogens is 2. The summed E-state index contributed by atoms with van der Waals surface area (Å²) < 4.78 is 39.0. The Balaban J connectivity index is 1.70. The van der Waals surface area contributed by atoms with Crippen molar-refractivity contribution in [2.75, 3.05) is 19.6 Å². The molecule has 2 aromatic rings. The molecular formula is C18H21F3N4O. The van der Waals surface area contributed by atoms with Gasteiger partial charge in [-0.25, -0.2) is 0 Å². The molecule has 1 aromatic carbocycles. The summed E-state index contributed by atoms with van der Waals surface area (Å²) in [5, 5.41) is 6.19. The predicted octanol–water partition coefficient (Wildman–Crippen LogP) is 2.55. The molecule has 0 bridgehead atoms. The first kappa shape index (κ1) is 18.4. The van der Waals surface area contributed by atoms with Crippen molar-refractivity contribution in [2.24, 2.45) is 0 Å². The lowest BCUT2D eigenvalue weighted by molar-refractivity contribution is -0.146. The van der Waals surface area contributed by atoms with Crippen molar-refractivity contribution in [2.45, 2.75) is 31.1 Å². The van der Waals surface area contributed by atoms with Gasteiger partial charge in [0.05, 0.1) is 0 Å². The zero-order valence-electron chi connectivity index (χ0n) is 14.2. The Morgan fingerprint density at radius 2 is 1.85 bits per heavy atom. The third-order valence-corrected chi connectivity index (χ3v) is 4.75. The third-order valence-electron chi connectivity index (χ3n) is 4.75. The lowest BCUT2D eigenvalue weighted by Gasteiger charge is -2.40. The summed E-state index contributed by atoms with van der Waals surface area (Å²) in [6, 6.07) is 11.6. The molecule has 1 saturated heterocycles. The number of carbonyl (C=O) groups is 1. The highest BCUT2D eigenvalue weighted by atomic mass is 19.4. The molecule has 0 saturated carbocycles. The zero-order valence-corrected chi connectivity index (χ0v) is 14.2. The lowest BCUT2D eigenvalue weighted by Crippen LogP contribution is -2.56. The number of carbonyl (C=O) groups excluding carboxylic acids is 1. The number of rotatable bonds is 5. The van der Waals surface area contributed by atoms with Gasteiger partial charge in [-0.2, -0.15) is 18.3 Å². The van der Waals surface area contributed by atoms with Crippen LogP contribution < -0.4 is 5.32 Å². The molecule has 1 aliphatic heterocycles. The van der Waals surface area contributed by atoms with Crippen LogP contribution in [0.5, 0.6) is 0 Å². The first-order valence-corrected chi connectivity index (χ1v) is 8.50. The van der Waals surface area contributed by atoms with Gasteiger partial charge in [-0.05, 0) is 24.5 Å². The Hall–Kier alpha value is -2.35. The van der Waals surface area contributed by atoms with Gasteiger partial charge < -0.3 is 5.32 Å². The molecule has 0 radical (unpaired) electrons. The minimum Gasteiger partial charge on any atom is -0.345 e. The summed E-state index contributed by atoms with van der Waals surface area (Å²) in [5.41, 5.74) is 0.0858. The average Bonchev–Trinajstić information content (AvgIpc) is 3.16. The van der Waals surface area contributed by atoms with E-state index in [2.05, 4.69) is 10.00 Å². The minimum absolute atomic E-state index is 0.408. The molecule has 0 unspecified atom stereocenters. The van der Waals surface area contributed by atoms with E-state index in [9.17, 15) is 18.0 Å². The number of halogens is 3. The van der Waals surface area contributed by atoms with Crippen LogP contribution in [0.4, 0.5) is 13.2 Å². The monoisotopic (exact) mass is 366 g/mol. The molecule has 1 fully saturated rings. The summed E-state index contributed by atoms with van der Waals surface area (Å²) in [6.45, 7) is 0.630. The van der Waals surface area contributed by atoms with Gasteiger partial charge in [0, 0.05) is 32.0 Å². The lowest BCUT2D eigenvalue weighted by atomic mass is 9.86. The molecule has 1 amide bonds. The largest absolute Gasteiger partial charge is 0.405 e. The maximum absolute atomic E-state index is 12.6. The molecule has 0 spiro atoms. The van der Waals surface area contributed by atoms with E-state index in [1.807, 2.05) is 35.6 Å². The Morgan fingerprint density at radius 3 is 2.42 bits per heavy atom. The van der Waals surface area contributed by atoms with E-state index in [1.165, 1.54) is 16.4 Å². The van der Waals surface area contributed by atoms with E-state index < -0.39 is 24.2 Å². The quantitative estimate of drug-likeness (QED) is 0.885. The van der Waals surface area contributed by atoms with Crippen molar-refractivity contribution in [3.63, 3.8) is 0 Å². The predicted molar refractivity (Wildman–Crippen MR) is 90.2 cm³/mol. The number of hydrogen-bond acceptors (Lipinski definition) is 3. The van der Waals surface area contributed by atoms with Crippen LogP contribution in [0.25, 0.3) is 0 Å². The molecule has 26 heavy (non-hydrogen) atoms. The van der Waals surface area contributed by atoms with Gasteiger partial charge in [0.25, 0.3) is 0 Å². The average molecular weight is 366 g/mol. The molecule has 5 nitrogen and oxygen atoms in total. The normalized spacial score (nSPS) is 17.8. The Labute approximate surface area is 149 Å². The molecule has 2 heterocycles. The molecule has 1 aromatic heterocycles. The first-order valence-electron chi connectivity index (χ1n) is 8.50. The van der Waals surface area contributed by atoms with Gasteiger partial charge in [0.1, 0.15) is 12.1 Å². The molecule has 140 valence electrons. The van der Waals surface area contributed by atoms with Gasteiger partial charge in [0.15, 0.2) is 0 Å². The van der Waals surface area contributed by atoms with Crippen LogP contribution >= 0.6 is 0 Å². The van der Waals surface area contributed by atoms with Crippen LogP contribution in [-0.4, -0.2) is 46.4 Å². The van der Waals surface area contributed by atoms with Crippen molar-refractivity contribution < 1.29 is 18.0 Å². The first-order chi connectivity index (χ1) is 12.4. The van der Waals surface area contributed by atoms with Gasteiger partial charge in [-0.15, -0.1) is 0 Å². The summed E-state index contributed by atoms with van der Waals surface area (Å²) in [7, 11) is 0. The van der Waals surface area contributed by atoms with Crippen molar-refractivity contribution in [3.8, 4) is 0 Å². The summed E-state index contributed by atoms with van der Waals surface area (Å²) >= 11 is 0. The van der Waals surface area contributed by atoms with Gasteiger partial charge in [-0.1, -0.05) is 30.3 Å². The van der Waals surface area contributed by atoms with E-state index in [0.717, 1.165) is 6.54 Å². The van der Waals surface area contributed by atoms with Crippen molar-refractivity contribution in [3.05, 3.63) is 54.4 Å². The maximum atomic E-state index is 12.6. The highest BCUT2D eigenvalue weighted by Crippen LogP contribution is 2.31. The van der Waals surface area contributed by atoms with Gasteiger partial charge in [-0.3, -0.25) is 14.4 Å². The van der Waals surface area contributed by atoms with Crippen LogP contribution in [0.15, 0.2) is 48.8 Å². The zero-order chi connectivity index (χ0) is 18.6. The SMILES string of the molecule is O=C(NCC(F)(F)F)C1(n2cccn2)CCN(Cc2ccccc2)CC1. The standard InChI is InChI=1S/C18H21F3N4O/c19-18(20,21)14-22-16(26)17(25-10-4-9-23-25)7-11-24(12-8-17)13-15-5-2-1-3-6-15/h1-6,9-10H,7-8,11-14H2,(H,22,26). The molecule has 1 N–H and O–H groups in total. The number of nitrogens with one attached hydrogen (secondary N) is 1. The summed E-state index contributed by atoms with van der Waals surface area (Å²) in [4.78, 5) is 14.8. The highest BCUT2D eigenvalue weighted by Gasteiger charge is 2.44. The molecule has 3 rings (SSSR count). The third kappa shape index (κ3) is 4.24. The fourth-order valence-corrected chi connectivity index (χ4v) is 3.35. The second-order valence-electron chi connectivity index (χ2n) is 6.54. The number of hydrogen-bond donors (Lipinski definition) is 1. The molecule has 8 heteroatoms. The number of alkyl halides is 3. The number of likely N-dealkylation sites (tertiary alicyclic amines) is 1. The van der Waals surface area contributed by atoms with Crippen LogP contribution in [0, 0.1) is 0 Å². The Bertz CT molecular complexity index is 708. The second-order valence-corrected chi connectivity index (χ2v) is 6.54. The highest BCUT2D eigenvalue weighted by molar-refractivity contribution is 5.84. The van der Waals surface area contributed by atoms with Crippen molar-refractivity contribution >= 4 is 5.91 Å². The van der Waals surface area contributed by atoms with E-state index >= 15 is 0 Å². The fourth-order valence-electron chi connectivity index (χ4n) is 3.35. The van der Waals surface area contributed by atoms with Crippen LogP contribution in [0.2, 0.25) is 0 Å². The van der Waals surface area contributed by atoms with Gasteiger partial charge in [0.2, 0.25) is 5.91 Å². The topological polar surface area (TPSA) is 50.2 Å². The maximum Gasteiger partial charge on any atom is 0.405 e. The van der Waals surface area contributed by atoms with Gasteiger partial charge >= 0.3 is 6.18 Å². The van der Waals surface area contributed by atoms with Crippen molar-refractivity contribution in [1.82, 2.24) is 20.0 Å². The number of amides is 1. The fraction of sp³-hybridized carbons (Fsp3) is 0.444. The Kier molecular flexibility index (Phi) is 5.31. The van der Waals surface area contributed by atoms with E-state index in [-0.39, 0.29) is 0 Å². The minimum atomic E-state index is -4.44. The van der Waals surface area contributed by atoms with Crippen LogP contribution in [0.1, 0.15) is 18.4 Å². The molecule has 0 atom stereocenters. The molecule has 0 aliphatic carbocycles. The summed E-state index contributed by atoms with van der Waals surface area (Å²) in [6.07, 6.45) is -0.444.